The van der Waals surface area contributed by atoms with Gasteiger partial charge in [0.2, 0.25) is 0 Å². The van der Waals surface area contributed by atoms with Crippen molar-refractivity contribution in [2.24, 2.45) is 5.92 Å². The standard InChI is InChI=1S/C19H20N2O3.C3H6O4.Na/c1-14(22)7-8-15-13-20(16-9-11-18(23)12-10-16)21(19(15)24)17-5-3-2-4-6-17;4-1-2(5)3(6)7;/h2-6,9-12,15,23H,7-8,13H2,1H3;2,4-5H,1H2,(H,6,7);/q;;+1/p-1. The summed E-state index contributed by atoms with van der Waals surface area (Å²) in [6.07, 6.45) is -0.783. The molecule has 0 spiro atoms. The molecule has 1 fully saturated rings. The summed E-state index contributed by atoms with van der Waals surface area (Å²) in [7, 11) is 0. The van der Waals surface area contributed by atoms with Crippen molar-refractivity contribution in [3.05, 3.63) is 54.6 Å². The molecule has 1 aliphatic rings. The van der Waals surface area contributed by atoms with Crippen molar-refractivity contribution in [1.29, 1.82) is 0 Å². The molecule has 0 radical (unpaired) electrons. The van der Waals surface area contributed by atoms with Crippen molar-refractivity contribution >= 4 is 29.0 Å². The minimum atomic E-state index is -1.74. The number of nitrogens with zero attached hydrogens (tertiary/aromatic N) is 2. The van der Waals surface area contributed by atoms with Crippen LogP contribution in [0.1, 0.15) is 19.8 Å². The van der Waals surface area contributed by atoms with E-state index in [1.54, 1.807) is 36.2 Å². The van der Waals surface area contributed by atoms with Gasteiger partial charge in [-0.2, -0.15) is 0 Å². The third kappa shape index (κ3) is 7.61. The van der Waals surface area contributed by atoms with Gasteiger partial charge in [0.1, 0.15) is 17.6 Å². The number of phenolic OH excluding ortho intramolecular Hbond substituents is 1. The number of aliphatic carboxylic acids is 1. The van der Waals surface area contributed by atoms with Gasteiger partial charge in [-0.3, -0.25) is 9.80 Å². The van der Waals surface area contributed by atoms with Crippen LogP contribution >= 0.6 is 0 Å². The first-order valence-corrected chi connectivity index (χ1v) is 9.69. The van der Waals surface area contributed by atoms with Crippen LogP contribution in [0.5, 0.6) is 5.75 Å². The maximum absolute atomic E-state index is 12.9. The summed E-state index contributed by atoms with van der Waals surface area (Å²) >= 11 is 0. The Balaban J connectivity index is 0.000000558. The van der Waals surface area contributed by atoms with Crippen LogP contribution in [-0.2, 0) is 14.4 Å². The molecule has 1 saturated heterocycles. The molecule has 10 heteroatoms. The molecule has 2 atom stereocenters. The Morgan fingerprint density at radius 2 is 1.69 bits per heavy atom. The van der Waals surface area contributed by atoms with Crippen molar-refractivity contribution in [1.82, 2.24) is 0 Å². The number of carboxylic acid groups (broad SMARTS) is 1. The van der Waals surface area contributed by atoms with Crippen LogP contribution < -0.4 is 44.7 Å². The third-order valence-electron chi connectivity index (χ3n) is 4.63. The maximum Gasteiger partial charge on any atom is 1.00 e. The minimum Gasteiger partial charge on any atom is -0.547 e. The van der Waals surface area contributed by atoms with Crippen LogP contribution in [0.4, 0.5) is 11.4 Å². The molecule has 0 saturated carbocycles. The van der Waals surface area contributed by atoms with Crippen molar-refractivity contribution in [2.75, 3.05) is 23.2 Å². The number of carboxylic acids is 1. The zero-order chi connectivity index (χ0) is 23.0. The van der Waals surface area contributed by atoms with Gasteiger partial charge in [-0.15, -0.1) is 0 Å². The number of anilines is 2. The van der Waals surface area contributed by atoms with Gasteiger partial charge in [-0.1, -0.05) is 18.2 Å². The largest absolute Gasteiger partial charge is 1.00 e. The Bertz CT molecular complexity index is 893. The number of Topliss-reactive ketones (excluding diaryl/α,β-unsaturated/α-hetero) is 1. The van der Waals surface area contributed by atoms with Crippen molar-refractivity contribution in [3.63, 3.8) is 0 Å². The molecule has 0 aliphatic carbocycles. The van der Waals surface area contributed by atoms with Crippen LogP contribution in [0.25, 0.3) is 0 Å². The number of carbonyl (C=O) groups is 3. The van der Waals surface area contributed by atoms with E-state index in [4.69, 9.17) is 10.2 Å². The van der Waals surface area contributed by atoms with Crippen molar-refractivity contribution in [2.45, 2.75) is 25.9 Å². The molecule has 9 nitrogen and oxygen atoms in total. The number of ketones is 1. The van der Waals surface area contributed by atoms with Gasteiger partial charge < -0.3 is 30.0 Å². The number of phenols is 1. The molecule has 1 amide bonds. The SMILES string of the molecule is CC(=O)CCC1CN(c2ccc(O)cc2)N(c2ccccc2)C1=O.O=C([O-])C(O)CO.[Na+]. The van der Waals surface area contributed by atoms with Gasteiger partial charge in [0.25, 0.3) is 5.91 Å². The first-order chi connectivity index (χ1) is 14.7. The predicted octanol–water partition coefficient (Wildman–Crippen LogP) is -2.76. The smallest absolute Gasteiger partial charge is 0.547 e. The van der Waals surface area contributed by atoms with E-state index in [0.717, 1.165) is 11.4 Å². The summed E-state index contributed by atoms with van der Waals surface area (Å²) in [6.45, 7) is 1.28. The summed E-state index contributed by atoms with van der Waals surface area (Å²) < 4.78 is 0. The van der Waals surface area contributed by atoms with Crippen LogP contribution in [0, 0.1) is 5.92 Å². The molecule has 3 rings (SSSR count). The molecule has 1 heterocycles. The number of aliphatic hydroxyl groups is 2. The van der Waals surface area contributed by atoms with Crippen molar-refractivity contribution < 1.29 is 64.4 Å². The Morgan fingerprint density at radius 1 is 1.09 bits per heavy atom. The molecule has 0 aromatic heterocycles. The summed E-state index contributed by atoms with van der Waals surface area (Å²) in [5.74, 6) is -1.60. The molecule has 0 bridgehead atoms. The van der Waals surface area contributed by atoms with Crippen LogP contribution in [0.3, 0.4) is 0 Å². The Kier molecular flexibility index (Phi) is 11.4. The quantitative estimate of drug-likeness (QED) is 0.384. The first-order valence-electron chi connectivity index (χ1n) is 9.69. The number of aliphatic hydroxyl groups excluding tert-OH is 2. The van der Waals surface area contributed by atoms with E-state index >= 15 is 0 Å². The first kappa shape index (κ1) is 27.6. The number of amides is 1. The third-order valence-corrected chi connectivity index (χ3v) is 4.63. The average molecular weight is 452 g/mol. The topological polar surface area (TPSA) is 141 Å². The summed E-state index contributed by atoms with van der Waals surface area (Å²) in [5.41, 5.74) is 1.62. The van der Waals surface area contributed by atoms with E-state index in [1.165, 1.54) is 0 Å². The number of hydrogen-bond acceptors (Lipinski definition) is 8. The average Bonchev–Trinajstić information content (AvgIpc) is 3.09. The number of para-hydroxylation sites is 1. The molecule has 2 aromatic carbocycles. The van der Waals surface area contributed by atoms with Crippen molar-refractivity contribution in [3.8, 4) is 5.75 Å². The van der Waals surface area contributed by atoms with E-state index in [1.807, 2.05) is 35.3 Å². The second-order valence-corrected chi connectivity index (χ2v) is 7.04. The second kappa shape index (κ2) is 13.2. The van der Waals surface area contributed by atoms with E-state index in [-0.39, 0.29) is 52.9 Å². The summed E-state index contributed by atoms with van der Waals surface area (Å²) in [5, 5.41) is 38.3. The summed E-state index contributed by atoms with van der Waals surface area (Å²) in [4.78, 5) is 33.6. The van der Waals surface area contributed by atoms with Crippen LogP contribution in [0.2, 0.25) is 0 Å². The molecule has 32 heavy (non-hydrogen) atoms. The zero-order valence-corrected chi connectivity index (χ0v) is 20.0. The van der Waals surface area contributed by atoms with Gasteiger partial charge in [-0.25, -0.2) is 5.01 Å². The number of carbonyl (C=O) groups excluding carboxylic acids is 3. The molecule has 2 unspecified atom stereocenters. The van der Waals surface area contributed by atoms with Gasteiger partial charge in [0, 0.05) is 6.42 Å². The number of benzene rings is 2. The predicted molar refractivity (Wildman–Crippen MR) is 111 cm³/mol. The molecular weight excluding hydrogens is 427 g/mol. The normalized spacial score (nSPS) is 16.0. The fraction of sp³-hybridized carbons (Fsp3) is 0.318. The van der Waals surface area contributed by atoms with Crippen LogP contribution in [0.15, 0.2) is 54.6 Å². The molecule has 2 aromatic rings. The second-order valence-electron chi connectivity index (χ2n) is 7.04. The number of hydrazine groups is 1. The Morgan fingerprint density at radius 3 is 2.16 bits per heavy atom. The Hall–Kier alpha value is -2.43. The summed E-state index contributed by atoms with van der Waals surface area (Å²) in [6, 6.07) is 16.2. The fourth-order valence-electron chi connectivity index (χ4n) is 3.01. The fourth-order valence-corrected chi connectivity index (χ4v) is 3.01. The Labute approximate surface area is 208 Å². The maximum atomic E-state index is 12.9. The number of hydrogen-bond donors (Lipinski definition) is 3. The monoisotopic (exact) mass is 452 g/mol. The number of rotatable bonds is 7. The van der Waals surface area contributed by atoms with E-state index < -0.39 is 18.7 Å². The van der Waals surface area contributed by atoms with Gasteiger partial charge in [0.15, 0.2) is 0 Å². The van der Waals surface area contributed by atoms with E-state index in [2.05, 4.69) is 0 Å². The zero-order valence-electron chi connectivity index (χ0n) is 18.0. The molecule has 3 N–H and O–H groups in total. The molecular formula is C22H25N2NaO7. The number of aromatic hydroxyl groups is 1. The van der Waals surface area contributed by atoms with Gasteiger partial charge >= 0.3 is 29.6 Å². The van der Waals surface area contributed by atoms with E-state index in [0.29, 0.717) is 19.4 Å². The van der Waals surface area contributed by atoms with Gasteiger partial charge in [0.05, 0.1) is 36.4 Å². The molecule has 1 aliphatic heterocycles. The minimum absolute atomic E-state index is 0. The van der Waals surface area contributed by atoms with Crippen LogP contribution in [-0.4, -0.2) is 52.2 Å². The van der Waals surface area contributed by atoms with Gasteiger partial charge in [-0.05, 0) is 49.7 Å². The van der Waals surface area contributed by atoms with E-state index in [9.17, 15) is 24.6 Å². The molecule has 166 valence electrons.